The molecule has 0 aromatic heterocycles. The molecule has 140 valence electrons. The molecule has 0 saturated heterocycles. The Bertz CT molecular complexity index is 732. The lowest BCUT2D eigenvalue weighted by Gasteiger charge is -2.18. The first-order chi connectivity index (χ1) is 12.4. The van der Waals surface area contributed by atoms with Crippen LogP contribution in [0.2, 0.25) is 0 Å². The predicted octanol–water partition coefficient (Wildman–Crippen LogP) is 3.92. The Morgan fingerprint density at radius 1 is 1.19 bits per heavy atom. The molecular formula is C20H25FN2O3. The third kappa shape index (κ3) is 5.46. The molecular weight excluding hydrogens is 335 g/mol. The van der Waals surface area contributed by atoms with Crippen LogP contribution in [-0.4, -0.2) is 38.7 Å². The van der Waals surface area contributed by atoms with Crippen molar-refractivity contribution >= 4 is 6.09 Å². The maximum absolute atomic E-state index is 13.1. The number of rotatable bonds is 7. The van der Waals surface area contributed by atoms with Gasteiger partial charge >= 0.3 is 6.09 Å². The predicted molar refractivity (Wildman–Crippen MR) is 99.2 cm³/mol. The Morgan fingerprint density at radius 2 is 1.88 bits per heavy atom. The summed E-state index contributed by atoms with van der Waals surface area (Å²) in [4.78, 5) is 12.9. The van der Waals surface area contributed by atoms with Crippen molar-refractivity contribution in [1.29, 1.82) is 0 Å². The third-order valence-electron chi connectivity index (χ3n) is 4.00. The summed E-state index contributed by atoms with van der Waals surface area (Å²) in [5, 5.41) is 3.25. The first-order valence-electron chi connectivity index (χ1n) is 8.46. The van der Waals surface area contributed by atoms with Crippen molar-refractivity contribution in [3.63, 3.8) is 0 Å². The Kier molecular flexibility index (Phi) is 6.97. The van der Waals surface area contributed by atoms with Crippen LogP contribution in [0, 0.1) is 12.7 Å². The molecule has 0 aliphatic heterocycles. The van der Waals surface area contributed by atoms with Gasteiger partial charge in [-0.3, -0.25) is 0 Å². The van der Waals surface area contributed by atoms with Gasteiger partial charge < -0.3 is 19.7 Å². The smallest absolute Gasteiger partial charge is 0.414 e. The van der Waals surface area contributed by atoms with Crippen LogP contribution >= 0.6 is 0 Å². The summed E-state index contributed by atoms with van der Waals surface area (Å²) in [7, 11) is 5.15. The molecule has 1 N–H and O–H groups in total. The molecule has 1 unspecified atom stereocenters. The monoisotopic (exact) mass is 360 g/mol. The number of halogens is 1. The second kappa shape index (κ2) is 9.20. The highest BCUT2D eigenvalue weighted by Gasteiger charge is 2.12. The van der Waals surface area contributed by atoms with Gasteiger partial charge in [-0.15, -0.1) is 0 Å². The zero-order valence-corrected chi connectivity index (χ0v) is 15.6. The minimum atomic E-state index is -0.411. The Hall–Kier alpha value is -2.60. The zero-order chi connectivity index (χ0) is 19.1. The molecule has 1 amide bonds. The minimum Gasteiger partial charge on any atom is -0.493 e. The fourth-order valence-electron chi connectivity index (χ4n) is 2.50. The van der Waals surface area contributed by atoms with Crippen LogP contribution in [0.1, 0.15) is 23.6 Å². The summed E-state index contributed by atoms with van der Waals surface area (Å²) in [6, 6.07) is 12.0. The van der Waals surface area contributed by atoms with Crippen molar-refractivity contribution < 1.29 is 18.7 Å². The summed E-state index contributed by atoms with van der Waals surface area (Å²) < 4.78 is 24.1. The lowest BCUT2D eigenvalue weighted by atomic mass is 10.0. The number of benzene rings is 2. The topological polar surface area (TPSA) is 50.8 Å². The Morgan fingerprint density at radius 3 is 2.46 bits per heavy atom. The second-order valence-electron chi connectivity index (χ2n) is 6.22. The molecule has 0 fully saturated rings. The van der Waals surface area contributed by atoms with E-state index in [2.05, 4.69) is 5.32 Å². The summed E-state index contributed by atoms with van der Waals surface area (Å²) >= 11 is 0. The lowest BCUT2D eigenvalue weighted by Crippen LogP contribution is -2.25. The van der Waals surface area contributed by atoms with E-state index < -0.39 is 6.09 Å². The van der Waals surface area contributed by atoms with Crippen molar-refractivity contribution in [1.82, 2.24) is 10.2 Å². The van der Waals surface area contributed by atoms with Crippen molar-refractivity contribution in [2.75, 3.05) is 27.7 Å². The van der Waals surface area contributed by atoms with Crippen molar-refractivity contribution in [3.05, 3.63) is 59.4 Å². The molecule has 0 bridgehead atoms. The number of hydrogen-bond acceptors (Lipinski definition) is 4. The number of aryl methyl sites for hydroxylation is 1. The zero-order valence-electron chi connectivity index (χ0n) is 15.6. The number of hydrogen-bond donors (Lipinski definition) is 1. The maximum Gasteiger partial charge on any atom is 0.414 e. The van der Waals surface area contributed by atoms with E-state index in [1.165, 1.54) is 17.0 Å². The van der Waals surface area contributed by atoms with Gasteiger partial charge in [0.05, 0.1) is 6.61 Å². The molecule has 26 heavy (non-hydrogen) atoms. The largest absolute Gasteiger partial charge is 0.493 e. The second-order valence-corrected chi connectivity index (χ2v) is 6.22. The number of amides is 1. The average molecular weight is 360 g/mol. The maximum atomic E-state index is 13.1. The van der Waals surface area contributed by atoms with Crippen LogP contribution in [0.3, 0.4) is 0 Å². The van der Waals surface area contributed by atoms with Crippen LogP contribution in [0.15, 0.2) is 42.5 Å². The molecule has 2 aromatic carbocycles. The molecule has 0 spiro atoms. The Labute approximate surface area is 153 Å². The molecule has 0 radical (unpaired) electrons. The van der Waals surface area contributed by atoms with Gasteiger partial charge in [-0.2, -0.15) is 0 Å². The number of nitrogens with one attached hydrogen (secondary N) is 1. The van der Waals surface area contributed by atoms with Gasteiger partial charge in [0.2, 0.25) is 0 Å². The van der Waals surface area contributed by atoms with Crippen LogP contribution in [-0.2, 0) is 0 Å². The van der Waals surface area contributed by atoms with E-state index in [1.807, 2.05) is 26.1 Å². The highest BCUT2D eigenvalue weighted by molar-refractivity contribution is 5.69. The standard InChI is InChI=1S/C20H25FN2O3/c1-14-13-16(21)7-10-19(14)25-12-11-18(22-2)15-5-8-17(9-6-15)26-20(24)23(3)4/h5-10,13,18,22H,11-12H2,1-4H3. The molecule has 0 saturated carbocycles. The molecule has 6 heteroatoms. The first kappa shape index (κ1) is 19.7. The minimum absolute atomic E-state index is 0.0920. The van der Waals surface area contributed by atoms with Gasteiger partial charge in [0.15, 0.2) is 0 Å². The van der Waals surface area contributed by atoms with Gasteiger partial charge in [0.25, 0.3) is 0 Å². The van der Waals surface area contributed by atoms with E-state index in [4.69, 9.17) is 9.47 Å². The van der Waals surface area contributed by atoms with E-state index >= 15 is 0 Å². The van der Waals surface area contributed by atoms with E-state index in [9.17, 15) is 9.18 Å². The number of nitrogens with zero attached hydrogens (tertiary/aromatic N) is 1. The summed E-state index contributed by atoms with van der Waals surface area (Å²) in [5.74, 6) is 0.922. The third-order valence-corrected chi connectivity index (χ3v) is 4.00. The van der Waals surface area contributed by atoms with Gasteiger partial charge in [0.1, 0.15) is 17.3 Å². The number of ether oxygens (including phenoxy) is 2. The summed E-state index contributed by atoms with van der Waals surface area (Å²) in [6.07, 6.45) is 0.329. The fourth-order valence-corrected chi connectivity index (χ4v) is 2.50. The molecule has 2 aromatic rings. The van der Waals surface area contributed by atoms with E-state index in [1.54, 1.807) is 32.3 Å². The van der Waals surface area contributed by atoms with E-state index in [0.29, 0.717) is 18.1 Å². The molecule has 0 heterocycles. The average Bonchev–Trinajstić information content (AvgIpc) is 2.61. The number of carbonyl (C=O) groups is 1. The fraction of sp³-hybridized carbons (Fsp3) is 0.350. The van der Waals surface area contributed by atoms with Crippen molar-refractivity contribution in [2.45, 2.75) is 19.4 Å². The van der Waals surface area contributed by atoms with E-state index in [0.717, 1.165) is 17.5 Å². The molecule has 2 rings (SSSR count). The van der Waals surface area contributed by atoms with Crippen LogP contribution < -0.4 is 14.8 Å². The number of carbonyl (C=O) groups excluding carboxylic acids is 1. The highest BCUT2D eigenvalue weighted by atomic mass is 19.1. The van der Waals surface area contributed by atoms with Gasteiger partial charge in [0, 0.05) is 26.6 Å². The SMILES string of the molecule is CNC(CCOc1ccc(F)cc1C)c1ccc(OC(=O)N(C)C)cc1. The van der Waals surface area contributed by atoms with E-state index in [-0.39, 0.29) is 11.9 Å². The summed E-state index contributed by atoms with van der Waals surface area (Å²) in [5.41, 5.74) is 1.84. The summed E-state index contributed by atoms with van der Waals surface area (Å²) in [6.45, 7) is 2.32. The van der Waals surface area contributed by atoms with Crippen LogP contribution in [0.4, 0.5) is 9.18 Å². The van der Waals surface area contributed by atoms with Gasteiger partial charge in [-0.05, 0) is 55.4 Å². The highest BCUT2D eigenvalue weighted by Crippen LogP contribution is 2.23. The molecule has 0 aliphatic rings. The van der Waals surface area contributed by atoms with Crippen molar-refractivity contribution in [3.8, 4) is 11.5 Å². The van der Waals surface area contributed by atoms with Crippen LogP contribution in [0.5, 0.6) is 11.5 Å². The van der Waals surface area contributed by atoms with Gasteiger partial charge in [-0.1, -0.05) is 12.1 Å². The normalized spacial score (nSPS) is 11.7. The molecule has 5 nitrogen and oxygen atoms in total. The molecule has 1 atom stereocenters. The van der Waals surface area contributed by atoms with Crippen molar-refractivity contribution in [2.24, 2.45) is 0 Å². The van der Waals surface area contributed by atoms with Crippen LogP contribution in [0.25, 0.3) is 0 Å². The van der Waals surface area contributed by atoms with Gasteiger partial charge in [-0.25, -0.2) is 9.18 Å². The Balaban J connectivity index is 1.92. The first-order valence-corrected chi connectivity index (χ1v) is 8.46. The lowest BCUT2D eigenvalue weighted by molar-refractivity contribution is 0.172. The molecule has 0 aliphatic carbocycles. The quantitative estimate of drug-likeness (QED) is 0.813.